The molecule has 0 unspecified atom stereocenters. The average Bonchev–Trinajstić information content (AvgIpc) is 3.53. The molecule has 5 aromatic rings. The average molecular weight is 546 g/mol. The third kappa shape index (κ3) is 6.06. The quantitative estimate of drug-likeness (QED) is 0.235. The predicted molar refractivity (Wildman–Crippen MR) is 145 cm³/mol. The molecule has 1 amide bonds. The molecule has 40 heavy (non-hydrogen) atoms. The molecule has 0 fully saturated rings. The molecule has 0 aliphatic heterocycles. The highest BCUT2D eigenvalue weighted by Crippen LogP contribution is 2.30. The number of benzene rings is 3. The fourth-order valence-corrected chi connectivity index (χ4v) is 4.30. The van der Waals surface area contributed by atoms with Gasteiger partial charge in [-0.2, -0.15) is 23.4 Å². The Kier molecular flexibility index (Phi) is 7.41. The number of hydrogen-bond acceptors (Lipinski definition) is 4. The van der Waals surface area contributed by atoms with E-state index in [0.29, 0.717) is 28.4 Å². The number of alkyl halides is 3. The molecule has 5 rings (SSSR count). The Balaban J connectivity index is 1.21. The number of carbonyl (C=O) groups excluding carboxylic acids is 1. The lowest BCUT2D eigenvalue weighted by atomic mass is 10.1. The van der Waals surface area contributed by atoms with Gasteiger partial charge >= 0.3 is 6.18 Å². The van der Waals surface area contributed by atoms with Gasteiger partial charge in [0.25, 0.3) is 5.91 Å². The molecule has 1 N–H and O–H groups in total. The SMILES string of the molecule is Cc1nn(Cc2cccc(C(F)(F)F)c2)c(C)c1NC(=O)c1ccn(COc2ccc(-c3ccccc3)cc2)n1. The number of rotatable bonds is 8. The van der Waals surface area contributed by atoms with Crippen LogP contribution in [0.15, 0.2) is 91.1 Å². The predicted octanol–water partition coefficient (Wildman–Crippen LogP) is 6.72. The summed E-state index contributed by atoms with van der Waals surface area (Å²) in [6, 6.07) is 24.4. The molecule has 0 radical (unpaired) electrons. The van der Waals surface area contributed by atoms with Crippen LogP contribution in [0.5, 0.6) is 5.75 Å². The minimum Gasteiger partial charge on any atom is -0.471 e. The van der Waals surface area contributed by atoms with Crippen molar-refractivity contribution in [3.63, 3.8) is 0 Å². The second-order valence-corrected chi connectivity index (χ2v) is 9.26. The first-order valence-corrected chi connectivity index (χ1v) is 12.5. The molecule has 2 aromatic heterocycles. The van der Waals surface area contributed by atoms with Crippen LogP contribution in [0.4, 0.5) is 18.9 Å². The van der Waals surface area contributed by atoms with E-state index in [0.717, 1.165) is 23.3 Å². The van der Waals surface area contributed by atoms with Gasteiger partial charge in [-0.25, -0.2) is 4.68 Å². The maximum absolute atomic E-state index is 13.1. The van der Waals surface area contributed by atoms with E-state index in [1.165, 1.54) is 10.7 Å². The summed E-state index contributed by atoms with van der Waals surface area (Å²) in [6.45, 7) is 3.72. The normalized spacial score (nSPS) is 11.4. The van der Waals surface area contributed by atoms with Crippen LogP contribution in [-0.4, -0.2) is 25.5 Å². The van der Waals surface area contributed by atoms with E-state index in [1.54, 1.807) is 36.9 Å². The monoisotopic (exact) mass is 545 g/mol. The van der Waals surface area contributed by atoms with Crippen molar-refractivity contribution in [1.29, 1.82) is 0 Å². The van der Waals surface area contributed by atoms with Crippen molar-refractivity contribution in [2.45, 2.75) is 33.3 Å². The van der Waals surface area contributed by atoms with E-state index in [-0.39, 0.29) is 19.0 Å². The molecule has 0 saturated heterocycles. The van der Waals surface area contributed by atoms with Crippen LogP contribution in [0.2, 0.25) is 0 Å². The van der Waals surface area contributed by atoms with E-state index in [2.05, 4.69) is 15.5 Å². The number of amides is 1. The van der Waals surface area contributed by atoms with Crippen molar-refractivity contribution in [3.8, 4) is 16.9 Å². The van der Waals surface area contributed by atoms with Gasteiger partial charge in [0.1, 0.15) is 5.75 Å². The zero-order chi connectivity index (χ0) is 28.3. The lowest BCUT2D eigenvalue weighted by Crippen LogP contribution is -2.15. The van der Waals surface area contributed by atoms with E-state index < -0.39 is 17.6 Å². The summed E-state index contributed by atoms with van der Waals surface area (Å²) in [5, 5.41) is 11.5. The highest BCUT2D eigenvalue weighted by Gasteiger charge is 2.30. The van der Waals surface area contributed by atoms with Crippen LogP contribution >= 0.6 is 0 Å². The molecule has 0 bridgehead atoms. The maximum Gasteiger partial charge on any atom is 0.416 e. The van der Waals surface area contributed by atoms with Crippen molar-refractivity contribution in [2.24, 2.45) is 0 Å². The highest BCUT2D eigenvalue weighted by molar-refractivity contribution is 6.03. The van der Waals surface area contributed by atoms with Gasteiger partial charge in [0, 0.05) is 6.20 Å². The largest absolute Gasteiger partial charge is 0.471 e. The maximum atomic E-state index is 13.1. The zero-order valence-corrected chi connectivity index (χ0v) is 21.8. The van der Waals surface area contributed by atoms with Crippen molar-refractivity contribution in [3.05, 3.63) is 119 Å². The molecule has 10 heteroatoms. The third-order valence-electron chi connectivity index (χ3n) is 6.40. The first-order valence-electron chi connectivity index (χ1n) is 12.5. The fraction of sp³-hybridized carbons (Fsp3) is 0.167. The topological polar surface area (TPSA) is 74.0 Å². The van der Waals surface area contributed by atoms with Crippen molar-refractivity contribution in [1.82, 2.24) is 19.6 Å². The Bertz CT molecular complexity index is 1620. The summed E-state index contributed by atoms with van der Waals surface area (Å²) in [4.78, 5) is 12.9. The minimum absolute atomic E-state index is 0.116. The van der Waals surface area contributed by atoms with Gasteiger partial charge in [-0.3, -0.25) is 9.48 Å². The molecule has 0 saturated carbocycles. The van der Waals surface area contributed by atoms with Crippen LogP contribution in [0.1, 0.15) is 33.0 Å². The number of nitrogens with zero attached hydrogens (tertiary/aromatic N) is 4. The number of anilines is 1. The molecular formula is C30H26F3N5O2. The number of nitrogens with one attached hydrogen (secondary N) is 1. The summed E-state index contributed by atoms with van der Waals surface area (Å²) >= 11 is 0. The molecular weight excluding hydrogens is 519 g/mol. The van der Waals surface area contributed by atoms with Crippen molar-refractivity contribution >= 4 is 11.6 Å². The number of halogens is 3. The summed E-state index contributed by atoms with van der Waals surface area (Å²) in [5.41, 5.74) is 3.76. The number of hydrogen-bond donors (Lipinski definition) is 1. The van der Waals surface area contributed by atoms with Gasteiger partial charge in [-0.05, 0) is 60.9 Å². The summed E-state index contributed by atoms with van der Waals surface area (Å²) < 4.78 is 48.1. The lowest BCUT2D eigenvalue weighted by Gasteiger charge is -2.10. The van der Waals surface area contributed by atoms with Crippen molar-refractivity contribution < 1.29 is 22.7 Å². The standard InChI is InChI=1S/C30H26F3N5O2/c1-20-28(21(2)38(35-20)18-22-7-6-10-25(17-22)30(31,32)33)34-29(39)27-15-16-37(36-27)19-40-26-13-11-24(12-14-26)23-8-4-3-5-9-23/h3-17H,18-19H2,1-2H3,(H,34,39). The second-order valence-electron chi connectivity index (χ2n) is 9.26. The first-order chi connectivity index (χ1) is 19.2. The zero-order valence-electron chi connectivity index (χ0n) is 21.8. The van der Waals surface area contributed by atoms with Crippen LogP contribution < -0.4 is 10.1 Å². The minimum atomic E-state index is -4.42. The van der Waals surface area contributed by atoms with Crippen LogP contribution in [0.3, 0.4) is 0 Å². The molecule has 7 nitrogen and oxygen atoms in total. The van der Waals surface area contributed by atoms with E-state index in [9.17, 15) is 18.0 Å². The summed E-state index contributed by atoms with van der Waals surface area (Å²) in [5.74, 6) is 0.233. The Morgan fingerprint density at radius 3 is 2.35 bits per heavy atom. The van der Waals surface area contributed by atoms with E-state index in [4.69, 9.17) is 4.74 Å². The second kappa shape index (κ2) is 11.1. The molecule has 2 heterocycles. The van der Waals surface area contributed by atoms with Gasteiger partial charge in [0.05, 0.1) is 29.2 Å². The lowest BCUT2D eigenvalue weighted by molar-refractivity contribution is -0.137. The number of carbonyl (C=O) groups is 1. The molecule has 0 atom stereocenters. The summed E-state index contributed by atoms with van der Waals surface area (Å²) in [6.07, 6.45) is -2.78. The van der Waals surface area contributed by atoms with Gasteiger partial charge in [0.2, 0.25) is 0 Å². The van der Waals surface area contributed by atoms with Gasteiger partial charge < -0.3 is 10.1 Å². The highest BCUT2D eigenvalue weighted by atomic mass is 19.4. The van der Waals surface area contributed by atoms with E-state index in [1.807, 2.05) is 54.6 Å². The Morgan fingerprint density at radius 2 is 1.62 bits per heavy atom. The molecule has 0 aliphatic carbocycles. The van der Waals surface area contributed by atoms with Gasteiger partial charge in [0.15, 0.2) is 12.4 Å². The van der Waals surface area contributed by atoms with Crippen LogP contribution in [0, 0.1) is 13.8 Å². The number of aryl methyl sites for hydroxylation is 1. The Labute approximate surface area is 228 Å². The molecule has 0 aliphatic rings. The summed E-state index contributed by atoms with van der Waals surface area (Å²) in [7, 11) is 0. The number of ether oxygens (including phenoxy) is 1. The Morgan fingerprint density at radius 1 is 0.900 bits per heavy atom. The molecule has 204 valence electrons. The van der Waals surface area contributed by atoms with E-state index >= 15 is 0 Å². The van der Waals surface area contributed by atoms with Crippen LogP contribution in [0.25, 0.3) is 11.1 Å². The number of aromatic nitrogens is 4. The van der Waals surface area contributed by atoms with Crippen molar-refractivity contribution in [2.75, 3.05) is 5.32 Å². The van der Waals surface area contributed by atoms with Gasteiger partial charge in [-0.15, -0.1) is 0 Å². The molecule has 0 spiro atoms. The molecule has 3 aromatic carbocycles. The Hall–Kier alpha value is -4.86. The fourth-order valence-electron chi connectivity index (χ4n) is 4.30. The third-order valence-corrected chi connectivity index (χ3v) is 6.40. The smallest absolute Gasteiger partial charge is 0.416 e. The van der Waals surface area contributed by atoms with Gasteiger partial charge in [-0.1, -0.05) is 54.6 Å². The first kappa shape index (κ1) is 26.7. The van der Waals surface area contributed by atoms with Crippen LogP contribution in [-0.2, 0) is 19.5 Å².